The van der Waals surface area contributed by atoms with Crippen LogP contribution in [0.2, 0.25) is 0 Å². The van der Waals surface area contributed by atoms with Gasteiger partial charge in [-0.05, 0) is 49.2 Å². The molecule has 40 heavy (non-hydrogen) atoms. The van der Waals surface area contributed by atoms with Gasteiger partial charge in [0.2, 0.25) is 0 Å². The van der Waals surface area contributed by atoms with Gasteiger partial charge in [0.15, 0.2) is 11.6 Å². The minimum Gasteiger partial charge on any atom is -0.354 e. The van der Waals surface area contributed by atoms with Crippen LogP contribution in [0.25, 0.3) is 0 Å². The molecule has 10 nitrogen and oxygen atoms in total. The number of nitrogens with one attached hydrogen (secondary N) is 2. The second kappa shape index (κ2) is 9.68. The lowest BCUT2D eigenvalue weighted by Gasteiger charge is -2.24. The quantitative estimate of drug-likeness (QED) is 0.200. The third-order valence-corrected chi connectivity index (χ3v) is 8.41. The maximum Gasteiger partial charge on any atom is 0.296 e. The number of aryl methyl sites for hydroxylation is 2. The van der Waals surface area contributed by atoms with Crippen LogP contribution < -0.4 is 10.6 Å². The van der Waals surface area contributed by atoms with E-state index in [2.05, 4.69) is 10.6 Å². The van der Waals surface area contributed by atoms with Crippen LogP contribution in [0.5, 0.6) is 0 Å². The van der Waals surface area contributed by atoms with Crippen molar-refractivity contribution in [2.24, 2.45) is 0 Å². The number of rotatable bonds is 6. The first-order valence-electron chi connectivity index (χ1n) is 11.8. The van der Waals surface area contributed by atoms with E-state index in [0.717, 1.165) is 0 Å². The molecule has 0 heterocycles. The molecule has 0 amide bonds. The summed E-state index contributed by atoms with van der Waals surface area (Å²) >= 11 is 0. The Hall–Kier alpha value is -4.36. The van der Waals surface area contributed by atoms with Gasteiger partial charge in [-0.15, -0.1) is 0 Å². The lowest BCUT2D eigenvalue weighted by molar-refractivity contribution is 0.0980. The topological polar surface area (TPSA) is 167 Å². The molecule has 0 spiro atoms. The highest BCUT2D eigenvalue weighted by molar-refractivity contribution is 7.86. The molecular formula is C28H22N2O8S2. The van der Waals surface area contributed by atoms with Crippen molar-refractivity contribution in [2.45, 2.75) is 23.6 Å². The van der Waals surface area contributed by atoms with Crippen molar-refractivity contribution in [2.75, 3.05) is 10.6 Å². The van der Waals surface area contributed by atoms with Crippen molar-refractivity contribution < 1.29 is 35.5 Å². The van der Waals surface area contributed by atoms with E-state index in [1.165, 1.54) is 60.7 Å². The summed E-state index contributed by atoms with van der Waals surface area (Å²) in [5.74, 6) is -1.06. The zero-order valence-electron chi connectivity index (χ0n) is 21.1. The van der Waals surface area contributed by atoms with Gasteiger partial charge in [-0.2, -0.15) is 16.8 Å². The predicted molar refractivity (Wildman–Crippen MR) is 148 cm³/mol. The molecule has 1 aliphatic carbocycles. The number of benzene rings is 4. The predicted octanol–water partition coefficient (Wildman–Crippen LogP) is 5.06. The SMILES string of the molecule is Cc1cccc(S(=O)(=O)O)c1Nc1cccc2c1C(=O)c1cccc(Nc3c(C)cccc3S(=O)(=O)O)c1C2=O. The minimum absolute atomic E-state index is 0.0104. The Morgan fingerprint density at radius 3 is 1.25 bits per heavy atom. The fourth-order valence-corrected chi connectivity index (χ4v) is 6.19. The summed E-state index contributed by atoms with van der Waals surface area (Å²) in [4.78, 5) is 26.8. The highest BCUT2D eigenvalue weighted by atomic mass is 32.2. The number of hydrogen-bond acceptors (Lipinski definition) is 8. The molecule has 4 N–H and O–H groups in total. The Morgan fingerprint density at radius 1 is 0.550 bits per heavy atom. The maximum absolute atomic E-state index is 13.8. The van der Waals surface area contributed by atoms with Crippen LogP contribution in [-0.2, 0) is 20.2 Å². The Kier molecular flexibility index (Phi) is 6.59. The second-order valence-electron chi connectivity index (χ2n) is 9.21. The summed E-state index contributed by atoms with van der Waals surface area (Å²) in [7, 11) is -9.21. The second-order valence-corrected chi connectivity index (χ2v) is 12.0. The monoisotopic (exact) mass is 578 g/mol. The lowest BCUT2D eigenvalue weighted by atomic mass is 9.82. The van der Waals surface area contributed by atoms with Crippen molar-refractivity contribution in [3.8, 4) is 0 Å². The molecule has 12 heteroatoms. The van der Waals surface area contributed by atoms with Crippen molar-refractivity contribution >= 4 is 54.6 Å². The first-order chi connectivity index (χ1) is 18.8. The first kappa shape index (κ1) is 27.2. The minimum atomic E-state index is -4.61. The summed E-state index contributed by atoms with van der Waals surface area (Å²) < 4.78 is 67.4. The van der Waals surface area contributed by atoms with E-state index in [-0.39, 0.29) is 54.8 Å². The number of fused-ring (bicyclic) bond motifs is 2. The maximum atomic E-state index is 13.8. The molecule has 0 aliphatic heterocycles. The number of hydrogen-bond donors (Lipinski definition) is 4. The van der Waals surface area contributed by atoms with E-state index >= 15 is 0 Å². The Bertz CT molecular complexity index is 1820. The summed E-state index contributed by atoms with van der Waals surface area (Å²) in [6.45, 7) is 3.25. The molecule has 0 unspecified atom stereocenters. The Balaban J connectivity index is 1.64. The summed E-state index contributed by atoms with van der Waals surface area (Å²) in [6, 6.07) is 17.6. The van der Waals surface area contributed by atoms with Crippen LogP contribution in [0, 0.1) is 13.8 Å². The highest BCUT2D eigenvalue weighted by Crippen LogP contribution is 2.39. The normalized spacial score (nSPS) is 13.0. The number of ketones is 2. The molecule has 0 fully saturated rings. The largest absolute Gasteiger partial charge is 0.354 e. The van der Waals surface area contributed by atoms with Crippen LogP contribution in [0.1, 0.15) is 43.0 Å². The fourth-order valence-electron chi connectivity index (χ4n) is 4.75. The number of anilines is 4. The molecule has 204 valence electrons. The third-order valence-electron chi connectivity index (χ3n) is 6.62. The van der Waals surface area contributed by atoms with Gasteiger partial charge in [0.25, 0.3) is 20.2 Å². The lowest BCUT2D eigenvalue weighted by Crippen LogP contribution is -2.23. The average molecular weight is 579 g/mol. The van der Waals surface area contributed by atoms with Gasteiger partial charge in [-0.25, -0.2) is 0 Å². The Morgan fingerprint density at radius 2 is 0.900 bits per heavy atom. The van der Waals surface area contributed by atoms with Gasteiger partial charge in [0.05, 0.1) is 33.9 Å². The van der Waals surface area contributed by atoms with Crippen LogP contribution in [0.4, 0.5) is 22.7 Å². The van der Waals surface area contributed by atoms with Crippen LogP contribution in [-0.4, -0.2) is 37.5 Å². The van der Waals surface area contributed by atoms with Crippen molar-refractivity contribution in [1.82, 2.24) is 0 Å². The van der Waals surface area contributed by atoms with Crippen LogP contribution in [0.3, 0.4) is 0 Å². The van der Waals surface area contributed by atoms with E-state index in [9.17, 15) is 35.5 Å². The van der Waals surface area contributed by atoms with Crippen molar-refractivity contribution in [3.63, 3.8) is 0 Å². The Labute approximate surface area is 230 Å². The van der Waals surface area contributed by atoms with Crippen LogP contribution in [0.15, 0.2) is 82.6 Å². The molecule has 0 saturated heterocycles. The van der Waals surface area contributed by atoms with E-state index in [1.807, 2.05) is 0 Å². The summed E-state index contributed by atoms with van der Waals surface area (Å²) in [5, 5.41) is 5.84. The zero-order chi connectivity index (χ0) is 29.0. The van der Waals surface area contributed by atoms with Gasteiger partial charge >= 0.3 is 0 Å². The van der Waals surface area contributed by atoms with Gasteiger partial charge < -0.3 is 10.6 Å². The molecule has 0 atom stereocenters. The number of carbonyl (C=O) groups excluding carboxylic acids is 2. The average Bonchev–Trinajstić information content (AvgIpc) is 2.88. The molecule has 1 aliphatic rings. The molecule has 0 saturated carbocycles. The van der Waals surface area contributed by atoms with E-state index in [1.54, 1.807) is 26.0 Å². The fraction of sp³-hybridized carbons (Fsp3) is 0.0714. The summed E-state index contributed by atoms with van der Waals surface area (Å²) in [6.07, 6.45) is 0. The molecule has 0 aromatic heterocycles. The molecule has 0 bridgehead atoms. The van der Waals surface area contributed by atoms with Crippen molar-refractivity contribution in [3.05, 3.63) is 106 Å². The number of carbonyl (C=O) groups is 2. The van der Waals surface area contributed by atoms with Crippen LogP contribution >= 0.6 is 0 Å². The smallest absolute Gasteiger partial charge is 0.296 e. The van der Waals surface area contributed by atoms with E-state index in [0.29, 0.717) is 11.1 Å². The van der Waals surface area contributed by atoms with Crippen molar-refractivity contribution in [1.29, 1.82) is 0 Å². The molecular weight excluding hydrogens is 556 g/mol. The number of para-hydroxylation sites is 2. The molecule has 4 aromatic carbocycles. The zero-order valence-corrected chi connectivity index (χ0v) is 22.7. The first-order valence-corrected chi connectivity index (χ1v) is 14.7. The molecule has 5 rings (SSSR count). The van der Waals surface area contributed by atoms with E-state index < -0.39 is 31.8 Å². The molecule has 4 aromatic rings. The van der Waals surface area contributed by atoms with Gasteiger partial charge in [0, 0.05) is 11.1 Å². The van der Waals surface area contributed by atoms with E-state index in [4.69, 9.17) is 0 Å². The highest BCUT2D eigenvalue weighted by Gasteiger charge is 2.34. The third kappa shape index (κ3) is 4.67. The standard InChI is InChI=1S/C28H22N2O8S2/c1-15-7-3-13-21(39(33,34)35)25(15)29-19-11-5-9-17-23(19)27(31)18-10-6-12-20(24(18)28(17)32)30-26-16(2)8-4-14-22(26)40(36,37)38/h3-14,29-30H,1-2H3,(H,33,34,35)(H,36,37,38). The van der Waals surface area contributed by atoms with Gasteiger partial charge in [-0.3, -0.25) is 18.7 Å². The van der Waals surface area contributed by atoms with Gasteiger partial charge in [-0.1, -0.05) is 48.5 Å². The van der Waals surface area contributed by atoms with Gasteiger partial charge in [0.1, 0.15) is 9.79 Å². The molecule has 0 radical (unpaired) electrons. The summed E-state index contributed by atoms with van der Waals surface area (Å²) in [5.41, 5.74) is 1.47.